The Morgan fingerprint density at radius 2 is 2.19 bits per heavy atom. The number of hydrogen-bond donors (Lipinski definition) is 2. The van der Waals surface area contributed by atoms with Gasteiger partial charge in [0.15, 0.2) is 11.8 Å². The Kier molecular flexibility index (Phi) is 4.31. The number of carboxylic acid groups (broad SMARTS) is 1. The third-order valence-corrected chi connectivity index (χ3v) is 2.29. The number of ketones is 1. The standard InChI is InChI=1S/C11H12ClNO3/c1-2-9(14)10(11(15)16)13-8-5-3-4-7(12)6-8/h3-6,10,13H,2H2,1H3,(H,15,16). The molecule has 5 heteroatoms. The molecule has 0 aliphatic carbocycles. The molecule has 4 nitrogen and oxygen atoms in total. The Hall–Kier alpha value is -1.55. The molecule has 0 bridgehead atoms. The highest BCUT2D eigenvalue weighted by atomic mass is 35.5. The lowest BCUT2D eigenvalue weighted by molar-refractivity contribution is -0.141. The molecule has 0 amide bonds. The molecule has 0 saturated carbocycles. The summed E-state index contributed by atoms with van der Waals surface area (Å²) in [5, 5.41) is 12.0. The molecule has 1 aromatic rings. The fourth-order valence-corrected chi connectivity index (χ4v) is 1.42. The fraction of sp³-hybridized carbons (Fsp3) is 0.273. The smallest absolute Gasteiger partial charge is 0.333 e. The molecule has 0 spiro atoms. The first-order valence-corrected chi connectivity index (χ1v) is 5.20. The summed E-state index contributed by atoms with van der Waals surface area (Å²) in [6.07, 6.45) is 0.171. The van der Waals surface area contributed by atoms with Gasteiger partial charge in [0.1, 0.15) is 0 Å². The van der Waals surface area contributed by atoms with Crippen molar-refractivity contribution in [3.8, 4) is 0 Å². The van der Waals surface area contributed by atoms with Gasteiger partial charge in [0.25, 0.3) is 0 Å². The van der Waals surface area contributed by atoms with E-state index in [0.717, 1.165) is 0 Å². The zero-order chi connectivity index (χ0) is 12.1. The van der Waals surface area contributed by atoms with Crippen molar-refractivity contribution in [2.45, 2.75) is 19.4 Å². The first-order valence-electron chi connectivity index (χ1n) is 4.82. The lowest BCUT2D eigenvalue weighted by atomic mass is 10.1. The van der Waals surface area contributed by atoms with Crippen molar-refractivity contribution in [3.05, 3.63) is 29.3 Å². The Balaban J connectivity index is 2.84. The highest BCUT2D eigenvalue weighted by Crippen LogP contribution is 2.16. The van der Waals surface area contributed by atoms with Crippen LogP contribution in [0.15, 0.2) is 24.3 Å². The quantitative estimate of drug-likeness (QED) is 0.776. The number of benzene rings is 1. The highest BCUT2D eigenvalue weighted by molar-refractivity contribution is 6.30. The number of carbonyl (C=O) groups excluding carboxylic acids is 1. The van der Waals surface area contributed by atoms with Gasteiger partial charge in [0, 0.05) is 17.1 Å². The Labute approximate surface area is 98.2 Å². The Morgan fingerprint density at radius 1 is 1.50 bits per heavy atom. The van der Waals surface area contributed by atoms with Crippen molar-refractivity contribution in [3.63, 3.8) is 0 Å². The van der Waals surface area contributed by atoms with E-state index in [0.29, 0.717) is 10.7 Å². The number of aliphatic carboxylic acids is 1. The molecule has 86 valence electrons. The van der Waals surface area contributed by atoms with Crippen molar-refractivity contribution in [2.75, 3.05) is 5.32 Å². The lowest BCUT2D eigenvalue weighted by Gasteiger charge is -2.13. The number of nitrogens with one attached hydrogen (secondary N) is 1. The molecule has 0 aliphatic heterocycles. The summed E-state index contributed by atoms with van der Waals surface area (Å²) < 4.78 is 0. The van der Waals surface area contributed by atoms with Gasteiger partial charge in [-0.2, -0.15) is 0 Å². The molecule has 16 heavy (non-hydrogen) atoms. The van der Waals surface area contributed by atoms with Gasteiger partial charge in [-0.15, -0.1) is 0 Å². The summed E-state index contributed by atoms with van der Waals surface area (Å²) in [5.74, 6) is -1.56. The molecule has 0 fully saturated rings. The van der Waals surface area contributed by atoms with Crippen LogP contribution in [0.25, 0.3) is 0 Å². The van der Waals surface area contributed by atoms with Crippen LogP contribution in [0.4, 0.5) is 5.69 Å². The molecule has 1 aromatic carbocycles. The van der Waals surface area contributed by atoms with Crippen LogP contribution in [0.1, 0.15) is 13.3 Å². The number of hydrogen-bond acceptors (Lipinski definition) is 3. The highest BCUT2D eigenvalue weighted by Gasteiger charge is 2.24. The van der Waals surface area contributed by atoms with Gasteiger partial charge in [-0.25, -0.2) is 4.79 Å². The van der Waals surface area contributed by atoms with Gasteiger partial charge in [-0.3, -0.25) is 4.79 Å². The first kappa shape index (κ1) is 12.5. The average Bonchev–Trinajstić information content (AvgIpc) is 2.24. The third kappa shape index (κ3) is 3.24. The summed E-state index contributed by atoms with van der Waals surface area (Å²) in [6.45, 7) is 1.62. The third-order valence-electron chi connectivity index (χ3n) is 2.05. The van der Waals surface area contributed by atoms with Crippen molar-refractivity contribution >= 4 is 29.0 Å². The summed E-state index contributed by atoms with van der Waals surface area (Å²) >= 11 is 5.75. The van der Waals surface area contributed by atoms with E-state index >= 15 is 0 Å². The molecule has 0 heterocycles. The van der Waals surface area contributed by atoms with E-state index in [9.17, 15) is 9.59 Å². The molecule has 1 atom stereocenters. The van der Waals surface area contributed by atoms with Crippen LogP contribution < -0.4 is 5.32 Å². The fourth-order valence-electron chi connectivity index (χ4n) is 1.23. The van der Waals surface area contributed by atoms with Crippen LogP contribution >= 0.6 is 11.6 Å². The number of rotatable bonds is 5. The second-order valence-corrected chi connectivity index (χ2v) is 3.68. The van der Waals surface area contributed by atoms with Crippen LogP contribution in [-0.2, 0) is 9.59 Å². The first-order chi connectivity index (χ1) is 7.54. The Bertz CT molecular complexity index is 406. The van der Waals surface area contributed by atoms with Crippen molar-refractivity contribution < 1.29 is 14.7 Å². The van der Waals surface area contributed by atoms with Crippen molar-refractivity contribution in [1.82, 2.24) is 0 Å². The second-order valence-electron chi connectivity index (χ2n) is 3.25. The topological polar surface area (TPSA) is 66.4 Å². The van der Waals surface area contributed by atoms with E-state index in [1.54, 1.807) is 31.2 Å². The maximum atomic E-state index is 11.4. The maximum absolute atomic E-state index is 11.4. The number of halogens is 1. The number of carboxylic acids is 1. The van der Waals surface area contributed by atoms with E-state index < -0.39 is 12.0 Å². The molecule has 0 radical (unpaired) electrons. The normalized spacial score (nSPS) is 11.9. The monoisotopic (exact) mass is 241 g/mol. The number of carbonyl (C=O) groups is 2. The van der Waals surface area contributed by atoms with E-state index in [1.165, 1.54) is 0 Å². The lowest BCUT2D eigenvalue weighted by Crippen LogP contribution is -2.37. The van der Waals surface area contributed by atoms with Gasteiger partial charge in [-0.1, -0.05) is 24.6 Å². The summed E-state index contributed by atoms with van der Waals surface area (Å²) in [4.78, 5) is 22.2. The van der Waals surface area contributed by atoms with Crippen LogP contribution in [0.3, 0.4) is 0 Å². The number of Topliss-reactive ketones (excluding diaryl/α,β-unsaturated/α-hetero) is 1. The van der Waals surface area contributed by atoms with Gasteiger partial charge in [-0.05, 0) is 18.2 Å². The average molecular weight is 242 g/mol. The van der Waals surface area contributed by atoms with Gasteiger partial charge >= 0.3 is 5.97 Å². The molecular weight excluding hydrogens is 230 g/mol. The van der Waals surface area contributed by atoms with Gasteiger partial charge in [0.2, 0.25) is 0 Å². The molecule has 0 saturated heterocycles. The van der Waals surface area contributed by atoms with E-state index in [4.69, 9.17) is 16.7 Å². The summed E-state index contributed by atoms with van der Waals surface area (Å²) in [5.41, 5.74) is 0.515. The summed E-state index contributed by atoms with van der Waals surface area (Å²) in [7, 11) is 0. The van der Waals surface area contributed by atoms with Crippen LogP contribution in [0.5, 0.6) is 0 Å². The zero-order valence-corrected chi connectivity index (χ0v) is 9.49. The Morgan fingerprint density at radius 3 is 2.69 bits per heavy atom. The number of anilines is 1. The minimum absolute atomic E-state index is 0.171. The van der Waals surface area contributed by atoms with E-state index in [2.05, 4.69) is 5.32 Å². The summed E-state index contributed by atoms with van der Waals surface area (Å²) in [6, 6.07) is 5.36. The van der Waals surface area contributed by atoms with Gasteiger partial charge < -0.3 is 10.4 Å². The van der Waals surface area contributed by atoms with Crippen molar-refractivity contribution in [1.29, 1.82) is 0 Å². The molecule has 0 aromatic heterocycles. The molecule has 0 aliphatic rings. The largest absolute Gasteiger partial charge is 0.479 e. The van der Waals surface area contributed by atoms with Crippen molar-refractivity contribution in [2.24, 2.45) is 0 Å². The molecular formula is C11H12ClNO3. The van der Waals surface area contributed by atoms with Crippen LogP contribution in [0.2, 0.25) is 5.02 Å². The minimum atomic E-state index is -1.22. The zero-order valence-electron chi connectivity index (χ0n) is 8.74. The predicted octanol–water partition coefficient (Wildman–Crippen LogP) is 2.18. The van der Waals surface area contributed by atoms with Gasteiger partial charge in [0.05, 0.1) is 0 Å². The maximum Gasteiger partial charge on any atom is 0.333 e. The van der Waals surface area contributed by atoms with Crippen LogP contribution in [0, 0.1) is 0 Å². The van der Waals surface area contributed by atoms with E-state index in [-0.39, 0.29) is 12.2 Å². The van der Waals surface area contributed by atoms with E-state index in [1.807, 2.05) is 0 Å². The molecule has 1 unspecified atom stereocenters. The molecule has 2 N–H and O–H groups in total. The molecule has 1 rings (SSSR count). The van der Waals surface area contributed by atoms with Crippen LogP contribution in [-0.4, -0.2) is 22.9 Å². The minimum Gasteiger partial charge on any atom is -0.479 e. The predicted molar refractivity (Wildman–Crippen MR) is 61.8 cm³/mol. The SMILES string of the molecule is CCC(=O)C(Nc1cccc(Cl)c1)C(=O)O. The second kappa shape index (κ2) is 5.51.